The van der Waals surface area contributed by atoms with Crippen LogP contribution in [-0.4, -0.2) is 24.5 Å². The Kier molecular flexibility index (Phi) is 5.64. The Morgan fingerprint density at radius 3 is 2.56 bits per heavy atom. The van der Waals surface area contributed by atoms with Gasteiger partial charge in [-0.2, -0.15) is 0 Å². The van der Waals surface area contributed by atoms with Crippen LogP contribution in [0.3, 0.4) is 0 Å². The molecule has 0 saturated carbocycles. The minimum Gasteiger partial charge on any atom is -0.497 e. The standard InChI is InChI=1S/C28H23NO5/c1-3-15-33-21-8-6-7-19(16-21)25-24-26(30)22-9-4-5-10-23(22)34-27(24)28(31)29(25)17-18-11-13-20(32-2)14-12-18/h3-14,16,25H,1,15,17H2,2H3. The fraction of sp³-hybridized carbons (Fsp3) is 0.143. The second-order valence-corrected chi connectivity index (χ2v) is 8.03. The first-order valence-corrected chi connectivity index (χ1v) is 10.9. The Balaban J connectivity index is 1.65. The van der Waals surface area contributed by atoms with Crippen molar-refractivity contribution in [3.05, 3.63) is 118 Å². The van der Waals surface area contributed by atoms with Gasteiger partial charge in [0, 0.05) is 6.54 Å². The van der Waals surface area contributed by atoms with Crippen molar-refractivity contribution in [1.29, 1.82) is 0 Å². The molecule has 170 valence electrons. The quantitative estimate of drug-likeness (QED) is 0.364. The van der Waals surface area contributed by atoms with Crippen LogP contribution in [0.15, 0.2) is 94.7 Å². The van der Waals surface area contributed by atoms with Crippen LogP contribution >= 0.6 is 0 Å². The fourth-order valence-corrected chi connectivity index (χ4v) is 4.33. The molecule has 1 aromatic heterocycles. The SMILES string of the molecule is C=CCOc1cccc(C2c3c(oc4ccccc4c3=O)C(=O)N2Cc2ccc(OC)cc2)c1. The molecule has 1 amide bonds. The maximum Gasteiger partial charge on any atom is 0.291 e. The number of para-hydroxylation sites is 1. The normalized spacial score (nSPS) is 14.8. The van der Waals surface area contributed by atoms with Gasteiger partial charge in [-0.15, -0.1) is 0 Å². The Hall–Kier alpha value is -4.32. The van der Waals surface area contributed by atoms with E-state index in [4.69, 9.17) is 13.9 Å². The van der Waals surface area contributed by atoms with Gasteiger partial charge >= 0.3 is 0 Å². The number of hydrogen-bond donors (Lipinski definition) is 0. The molecule has 0 radical (unpaired) electrons. The maximum absolute atomic E-state index is 13.6. The molecule has 0 saturated heterocycles. The largest absolute Gasteiger partial charge is 0.497 e. The molecule has 1 aliphatic rings. The van der Waals surface area contributed by atoms with Crippen LogP contribution in [-0.2, 0) is 6.54 Å². The molecule has 0 aliphatic carbocycles. The summed E-state index contributed by atoms with van der Waals surface area (Å²) < 4.78 is 17.0. The van der Waals surface area contributed by atoms with Crippen LogP contribution in [0.2, 0.25) is 0 Å². The monoisotopic (exact) mass is 453 g/mol. The molecule has 1 atom stereocenters. The molecule has 0 bridgehead atoms. The van der Waals surface area contributed by atoms with Gasteiger partial charge in [-0.25, -0.2) is 0 Å². The van der Waals surface area contributed by atoms with E-state index in [0.717, 1.165) is 16.9 Å². The average Bonchev–Trinajstić information content (AvgIpc) is 3.15. The number of rotatable bonds is 7. The van der Waals surface area contributed by atoms with Crippen molar-refractivity contribution < 1.29 is 18.7 Å². The highest BCUT2D eigenvalue weighted by Gasteiger charge is 2.42. The molecule has 6 nitrogen and oxygen atoms in total. The van der Waals surface area contributed by atoms with Gasteiger partial charge in [0.25, 0.3) is 5.91 Å². The van der Waals surface area contributed by atoms with Crippen molar-refractivity contribution >= 4 is 16.9 Å². The van der Waals surface area contributed by atoms with Crippen molar-refractivity contribution in [2.45, 2.75) is 12.6 Å². The second kappa shape index (κ2) is 8.90. The van der Waals surface area contributed by atoms with Crippen molar-refractivity contribution in [1.82, 2.24) is 4.90 Å². The van der Waals surface area contributed by atoms with Gasteiger partial charge in [0.05, 0.1) is 24.1 Å². The third kappa shape index (κ3) is 3.73. The van der Waals surface area contributed by atoms with Crippen LogP contribution in [0, 0.1) is 0 Å². The Morgan fingerprint density at radius 2 is 1.79 bits per heavy atom. The summed E-state index contributed by atoms with van der Waals surface area (Å²) in [5, 5.41) is 0.449. The maximum atomic E-state index is 13.6. The first kappa shape index (κ1) is 21.5. The molecule has 0 spiro atoms. The zero-order valence-electron chi connectivity index (χ0n) is 18.7. The van der Waals surface area contributed by atoms with Crippen LogP contribution in [0.25, 0.3) is 11.0 Å². The lowest BCUT2D eigenvalue weighted by atomic mass is 9.98. The number of carbonyl (C=O) groups is 1. The van der Waals surface area contributed by atoms with Crippen molar-refractivity contribution in [3.63, 3.8) is 0 Å². The summed E-state index contributed by atoms with van der Waals surface area (Å²) in [6, 6.07) is 21.3. The second-order valence-electron chi connectivity index (χ2n) is 8.03. The minimum absolute atomic E-state index is 0.0830. The number of methoxy groups -OCH3 is 1. The summed E-state index contributed by atoms with van der Waals surface area (Å²) in [6.45, 7) is 4.34. The Labute approximate surface area is 196 Å². The zero-order chi connectivity index (χ0) is 23.7. The molecule has 34 heavy (non-hydrogen) atoms. The van der Waals surface area contributed by atoms with Gasteiger partial charge in [0.1, 0.15) is 23.7 Å². The molecular formula is C28H23NO5. The molecule has 4 aromatic rings. The van der Waals surface area contributed by atoms with E-state index in [1.165, 1.54) is 0 Å². The molecule has 5 rings (SSSR count). The van der Waals surface area contributed by atoms with Gasteiger partial charge in [-0.1, -0.05) is 49.1 Å². The predicted octanol–water partition coefficient (Wildman–Crippen LogP) is 5.11. The van der Waals surface area contributed by atoms with Gasteiger partial charge < -0.3 is 18.8 Å². The lowest BCUT2D eigenvalue weighted by Gasteiger charge is -2.25. The molecular weight excluding hydrogens is 430 g/mol. The number of ether oxygens (including phenoxy) is 2. The first-order chi connectivity index (χ1) is 16.6. The molecule has 1 aliphatic heterocycles. The number of carbonyl (C=O) groups excluding carboxylic acids is 1. The topological polar surface area (TPSA) is 69.0 Å². The average molecular weight is 453 g/mol. The summed E-state index contributed by atoms with van der Waals surface area (Å²) in [5.41, 5.74) is 2.21. The Morgan fingerprint density at radius 1 is 1.00 bits per heavy atom. The fourth-order valence-electron chi connectivity index (χ4n) is 4.33. The van der Waals surface area contributed by atoms with E-state index in [1.807, 2.05) is 48.5 Å². The first-order valence-electron chi connectivity index (χ1n) is 10.9. The molecule has 3 aromatic carbocycles. The van der Waals surface area contributed by atoms with E-state index < -0.39 is 6.04 Å². The number of fused-ring (bicyclic) bond motifs is 2. The van der Waals surface area contributed by atoms with Crippen molar-refractivity contribution in [2.24, 2.45) is 0 Å². The lowest BCUT2D eigenvalue weighted by Crippen LogP contribution is -2.29. The van der Waals surface area contributed by atoms with Crippen LogP contribution in [0.5, 0.6) is 11.5 Å². The van der Waals surface area contributed by atoms with Crippen molar-refractivity contribution in [3.8, 4) is 11.5 Å². The van der Waals surface area contributed by atoms with Crippen LogP contribution in [0.4, 0.5) is 0 Å². The van der Waals surface area contributed by atoms with Gasteiger partial charge in [0.15, 0.2) is 5.43 Å². The highest BCUT2D eigenvalue weighted by atomic mass is 16.5. The molecule has 6 heteroatoms. The molecule has 2 heterocycles. The molecule has 0 fully saturated rings. The highest BCUT2D eigenvalue weighted by molar-refractivity contribution is 5.99. The Bertz CT molecular complexity index is 1440. The summed E-state index contributed by atoms with van der Waals surface area (Å²) in [6.07, 6.45) is 1.66. The summed E-state index contributed by atoms with van der Waals surface area (Å²) in [4.78, 5) is 28.8. The molecule has 0 N–H and O–H groups in total. The minimum atomic E-state index is -0.613. The number of benzene rings is 3. The van der Waals surface area contributed by atoms with E-state index in [9.17, 15) is 9.59 Å². The third-order valence-corrected chi connectivity index (χ3v) is 5.93. The number of hydrogen-bond acceptors (Lipinski definition) is 5. The molecule has 1 unspecified atom stereocenters. The summed E-state index contributed by atoms with van der Waals surface area (Å²) in [5.74, 6) is 1.12. The summed E-state index contributed by atoms with van der Waals surface area (Å²) in [7, 11) is 1.61. The smallest absolute Gasteiger partial charge is 0.291 e. The number of nitrogens with zero attached hydrogens (tertiary/aromatic N) is 1. The number of amides is 1. The summed E-state index contributed by atoms with van der Waals surface area (Å²) >= 11 is 0. The van der Waals surface area contributed by atoms with E-state index in [-0.39, 0.29) is 17.1 Å². The highest BCUT2D eigenvalue weighted by Crippen LogP contribution is 2.40. The van der Waals surface area contributed by atoms with Gasteiger partial charge in [-0.05, 0) is 47.5 Å². The zero-order valence-corrected chi connectivity index (χ0v) is 18.7. The van der Waals surface area contributed by atoms with E-state index in [2.05, 4.69) is 6.58 Å². The third-order valence-electron chi connectivity index (χ3n) is 5.93. The van der Waals surface area contributed by atoms with E-state index in [1.54, 1.807) is 42.4 Å². The predicted molar refractivity (Wildman–Crippen MR) is 129 cm³/mol. The van der Waals surface area contributed by atoms with Crippen LogP contribution in [0.1, 0.15) is 33.3 Å². The van der Waals surface area contributed by atoms with E-state index >= 15 is 0 Å². The van der Waals surface area contributed by atoms with Gasteiger partial charge in [0.2, 0.25) is 5.76 Å². The lowest BCUT2D eigenvalue weighted by molar-refractivity contribution is 0.0714. The van der Waals surface area contributed by atoms with E-state index in [0.29, 0.717) is 35.4 Å². The van der Waals surface area contributed by atoms with Crippen LogP contribution < -0.4 is 14.9 Å². The van der Waals surface area contributed by atoms with Gasteiger partial charge in [-0.3, -0.25) is 9.59 Å². The van der Waals surface area contributed by atoms with Crippen molar-refractivity contribution in [2.75, 3.05) is 13.7 Å².